The van der Waals surface area contributed by atoms with Gasteiger partial charge in [0.15, 0.2) is 5.76 Å². The molecule has 0 atom stereocenters. The van der Waals surface area contributed by atoms with E-state index in [2.05, 4.69) is 4.98 Å². The molecule has 1 aliphatic carbocycles. The molecule has 0 spiro atoms. The fourth-order valence-electron chi connectivity index (χ4n) is 1.97. The van der Waals surface area contributed by atoms with Crippen LogP contribution in [0.15, 0.2) is 29.8 Å². The molecule has 0 radical (unpaired) electrons. The monoisotopic (exact) mass is 230 g/mol. The molecule has 0 unspecified atom stereocenters. The lowest BCUT2D eigenvalue weighted by molar-refractivity contribution is 0.0885. The summed E-state index contributed by atoms with van der Waals surface area (Å²) >= 11 is 0. The second-order valence-corrected chi connectivity index (χ2v) is 3.93. The van der Waals surface area contributed by atoms with Crippen molar-refractivity contribution in [3.63, 3.8) is 0 Å². The molecule has 0 bridgehead atoms. The Kier molecular flexibility index (Phi) is 2.01. The van der Waals surface area contributed by atoms with Gasteiger partial charge in [-0.15, -0.1) is 0 Å². The number of hydrogen-bond acceptors (Lipinski definition) is 5. The molecule has 5 nitrogen and oxygen atoms in total. The Labute approximate surface area is 97.7 Å². The lowest BCUT2D eigenvalue weighted by atomic mass is 9.95. The molecule has 1 saturated heterocycles. The quantitative estimate of drug-likeness (QED) is 0.697. The molecule has 1 aromatic rings. The van der Waals surface area contributed by atoms with Crippen molar-refractivity contribution in [1.29, 1.82) is 0 Å². The molecule has 2 heterocycles. The highest BCUT2D eigenvalue weighted by atomic mass is 16.5. The number of hydrogen-bond donors (Lipinski definition) is 0. The number of rotatable bonds is 2. The third-order valence-electron chi connectivity index (χ3n) is 2.87. The number of ketones is 2. The number of fused-ring (bicyclic) bond motifs is 1. The molecule has 5 heteroatoms. The van der Waals surface area contributed by atoms with Crippen molar-refractivity contribution in [3.8, 4) is 0 Å². The van der Waals surface area contributed by atoms with Crippen LogP contribution in [-0.2, 0) is 4.74 Å². The Morgan fingerprint density at radius 1 is 1.29 bits per heavy atom. The maximum Gasteiger partial charge on any atom is 0.248 e. The van der Waals surface area contributed by atoms with Gasteiger partial charge in [0.05, 0.1) is 12.7 Å². The summed E-state index contributed by atoms with van der Waals surface area (Å²) in [4.78, 5) is 30.1. The first-order chi connectivity index (χ1) is 8.24. The van der Waals surface area contributed by atoms with E-state index in [0.717, 1.165) is 13.1 Å². The Hall–Kier alpha value is -2.17. The number of aromatic nitrogens is 1. The van der Waals surface area contributed by atoms with Crippen LogP contribution in [-0.4, -0.2) is 41.6 Å². The molecular formula is C12H10N2O3. The molecular weight excluding hydrogens is 220 g/mol. The van der Waals surface area contributed by atoms with Gasteiger partial charge < -0.3 is 9.64 Å². The smallest absolute Gasteiger partial charge is 0.248 e. The van der Waals surface area contributed by atoms with Crippen molar-refractivity contribution in [3.05, 3.63) is 41.0 Å². The summed E-state index contributed by atoms with van der Waals surface area (Å²) < 4.78 is 5.07. The van der Waals surface area contributed by atoms with Gasteiger partial charge in [0.25, 0.3) is 0 Å². The van der Waals surface area contributed by atoms with E-state index in [1.54, 1.807) is 12.1 Å². The number of allylic oxidation sites excluding steroid dienone is 2. The summed E-state index contributed by atoms with van der Waals surface area (Å²) in [5.41, 5.74) is 0.915. The van der Waals surface area contributed by atoms with E-state index in [0.29, 0.717) is 11.3 Å². The van der Waals surface area contributed by atoms with E-state index in [1.165, 1.54) is 13.3 Å². The normalized spacial score (nSPS) is 18.3. The van der Waals surface area contributed by atoms with Crippen molar-refractivity contribution in [1.82, 2.24) is 9.88 Å². The topological polar surface area (TPSA) is 59.3 Å². The third kappa shape index (κ3) is 1.35. The lowest BCUT2D eigenvalue weighted by Crippen LogP contribution is -2.27. The highest BCUT2D eigenvalue weighted by Gasteiger charge is 2.40. The van der Waals surface area contributed by atoms with E-state index >= 15 is 0 Å². The van der Waals surface area contributed by atoms with Gasteiger partial charge in [0, 0.05) is 19.3 Å². The van der Waals surface area contributed by atoms with Gasteiger partial charge in [-0.05, 0) is 12.1 Å². The van der Waals surface area contributed by atoms with Gasteiger partial charge in [0.1, 0.15) is 11.4 Å². The predicted molar refractivity (Wildman–Crippen MR) is 58.5 cm³/mol. The Morgan fingerprint density at radius 3 is 2.71 bits per heavy atom. The van der Waals surface area contributed by atoms with Crippen LogP contribution in [0.3, 0.4) is 0 Å². The fourth-order valence-corrected chi connectivity index (χ4v) is 1.97. The van der Waals surface area contributed by atoms with Gasteiger partial charge in [-0.25, -0.2) is 0 Å². The van der Waals surface area contributed by atoms with Crippen LogP contribution in [0.4, 0.5) is 0 Å². The SMILES string of the molecule is COC1=C(N2CC2)C(=O)c2cccnc2C1=O. The van der Waals surface area contributed by atoms with Crippen molar-refractivity contribution < 1.29 is 14.3 Å². The van der Waals surface area contributed by atoms with Crippen LogP contribution >= 0.6 is 0 Å². The van der Waals surface area contributed by atoms with Crippen LogP contribution in [0.2, 0.25) is 0 Å². The lowest BCUT2D eigenvalue weighted by Gasteiger charge is -2.19. The molecule has 0 saturated carbocycles. The zero-order chi connectivity index (χ0) is 12.0. The zero-order valence-electron chi connectivity index (χ0n) is 9.27. The molecule has 86 valence electrons. The first-order valence-electron chi connectivity index (χ1n) is 5.31. The van der Waals surface area contributed by atoms with Gasteiger partial charge in [0.2, 0.25) is 11.6 Å². The largest absolute Gasteiger partial charge is 0.491 e. The number of ether oxygens (including phenoxy) is 1. The average Bonchev–Trinajstić information content (AvgIpc) is 3.17. The maximum absolute atomic E-state index is 12.2. The van der Waals surface area contributed by atoms with Gasteiger partial charge in [-0.1, -0.05) is 0 Å². The summed E-state index contributed by atoms with van der Waals surface area (Å²) in [6.07, 6.45) is 1.50. The zero-order valence-corrected chi connectivity index (χ0v) is 9.27. The molecule has 0 amide bonds. The Bertz CT molecular complexity index is 559. The van der Waals surface area contributed by atoms with Gasteiger partial charge in [-0.2, -0.15) is 0 Å². The standard InChI is InChI=1S/C12H10N2O3/c1-17-12-9(14-5-6-14)10(15)7-3-2-4-13-8(7)11(12)16/h2-4H,5-6H2,1H3. The van der Waals surface area contributed by atoms with Crippen molar-refractivity contribution in [2.75, 3.05) is 20.2 Å². The number of Topliss-reactive ketones (excluding diaryl/α,β-unsaturated/α-hetero) is 2. The molecule has 3 rings (SSSR count). The summed E-state index contributed by atoms with van der Waals surface area (Å²) in [7, 11) is 1.40. The summed E-state index contributed by atoms with van der Waals surface area (Å²) in [5, 5.41) is 0. The summed E-state index contributed by atoms with van der Waals surface area (Å²) in [5.74, 6) is -0.384. The fraction of sp³-hybridized carbons (Fsp3) is 0.250. The van der Waals surface area contributed by atoms with Gasteiger partial charge >= 0.3 is 0 Å². The van der Waals surface area contributed by atoms with E-state index in [-0.39, 0.29) is 23.0 Å². The number of methoxy groups -OCH3 is 1. The predicted octanol–water partition coefficient (Wildman–Crippen LogP) is 0.634. The molecule has 1 aliphatic heterocycles. The first-order valence-corrected chi connectivity index (χ1v) is 5.31. The van der Waals surface area contributed by atoms with Crippen LogP contribution in [0.5, 0.6) is 0 Å². The number of pyridine rings is 1. The number of nitrogens with zero attached hydrogens (tertiary/aromatic N) is 2. The van der Waals surface area contributed by atoms with E-state index in [9.17, 15) is 9.59 Å². The van der Waals surface area contributed by atoms with Crippen LogP contribution in [0.1, 0.15) is 20.8 Å². The Morgan fingerprint density at radius 2 is 2.06 bits per heavy atom. The van der Waals surface area contributed by atoms with Gasteiger partial charge in [-0.3, -0.25) is 14.6 Å². The van der Waals surface area contributed by atoms with Crippen molar-refractivity contribution in [2.45, 2.75) is 0 Å². The Balaban J connectivity index is 2.21. The second-order valence-electron chi connectivity index (χ2n) is 3.93. The minimum Gasteiger partial charge on any atom is -0.491 e. The number of carbonyl (C=O) groups is 2. The van der Waals surface area contributed by atoms with Crippen LogP contribution in [0, 0.1) is 0 Å². The molecule has 2 aliphatic rings. The molecule has 1 fully saturated rings. The molecule has 0 aromatic carbocycles. The van der Waals surface area contributed by atoms with Crippen molar-refractivity contribution >= 4 is 11.6 Å². The maximum atomic E-state index is 12.2. The van der Waals surface area contributed by atoms with E-state index in [1.807, 2.05) is 4.90 Å². The average molecular weight is 230 g/mol. The van der Waals surface area contributed by atoms with Crippen LogP contribution < -0.4 is 0 Å². The highest BCUT2D eigenvalue weighted by molar-refractivity contribution is 6.25. The minimum absolute atomic E-state index is 0.110. The minimum atomic E-state index is -0.315. The summed E-state index contributed by atoms with van der Waals surface area (Å²) in [6, 6.07) is 3.28. The third-order valence-corrected chi connectivity index (χ3v) is 2.87. The van der Waals surface area contributed by atoms with Crippen LogP contribution in [0.25, 0.3) is 0 Å². The van der Waals surface area contributed by atoms with Crippen molar-refractivity contribution in [2.24, 2.45) is 0 Å². The first kappa shape index (κ1) is 10.0. The molecule has 0 N–H and O–H groups in total. The molecule has 1 aromatic heterocycles. The second kappa shape index (κ2) is 3.41. The highest BCUT2D eigenvalue weighted by Crippen LogP contribution is 2.30. The summed E-state index contributed by atoms with van der Waals surface area (Å²) in [6.45, 7) is 1.58. The van der Waals surface area contributed by atoms with E-state index in [4.69, 9.17) is 4.74 Å². The number of carbonyl (C=O) groups excluding carboxylic acids is 2. The van der Waals surface area contributed by atoms with E-state index < -0.39 is 0 Å². The molecule has 17 heavy (non-hydrogen) atoms.